The fourth-order valence-corrected chi connectivity index (χ4v) is 2.13. The number of carbonyl (C=O) groups is 2. The minimum Gasteiger partial charge on any atom is -0.299 e. The van der Waals surface area contributed by atoms with Gasteiger partial charge in [-0.25, -0.2) is 5.48 Å². The number of amides is 1. The molecule has 0 spiro atoms. The lowest BCUT2D eigenvalue weighted by Crippen LogP contribution is -2.14. The van der Waals surface area contributed by atoms with Crippen LogP contribution in [-0.2, 0) is 22.4 Å². The van der Waals surface area contributed by atoms with E-state index in [-0.39, 0.29) is 5.78 Å². The van der Waals surface area contributed by atoms with Crippen LogP contribution in [0.1, 0.15) is 16.7 Å². The molecule has 0 radical (unpaired) electrons. The molecule has 2 aromatic carbocycles. The van der Waals surface area contributed by atoms with Gasteiger partial charge in [-0.2, -0.15) is 0 Å². The van der Waals surface area contributed by atoms with Crippen molar-refractivity contribution in [3.8, 4) is 0 Å². The second kappa shape index (κ2) is 7.90. The van der Waals surface area contributed by atoms with Gasteiger partial charge >= 0.3 is 0 Å². The molecule has 0 aromatic heterocycles. The average Bonchev–Trinajstić information content (AvgIpc) is 2.53. The highest BCUT2D eigenvalue weighted by Crippen LogP contribution is 2.10. The summed E-state index contributed by atoms with van der Waals surface area (Å²) in [5, 5.41) is 8.43. The van der Waals surface area contributed by atoms with Crippen LogP contribution in [0.15, 0.2) is 60.7 Å². The van der Waals surface area contributed by atoms with Crippen molar-refractivity contribution in [1.29, 1.82) is 0 Å². The lowest BCUT2D eigenvalue weighted by atomic mass is 10.0. The normalized spacial score (nSPS) is 10.6. The third kappa shape index (κ3) is 5.00. The topological polar surface area (TPSA) is 66.4 Å². The van der Waals surface area contributed by atoms with E-state index in [1.807, 2.05) is 54.6 Å². The van der Waals surface area contributed by atoms with Crippen molar-refractivity contribution in [3.05, 3.63) is 77.4 Å². The zero-order chi connectivity index (χ0) is 15.8. The van der Waals surface area contributed by atoms with Gasteiger partial charge in [0.1, 0.15) is 5.78 Å². The van der Waals surface area contributed by atoms with Crippen LogP contribution in [-0.4, -0.2) is 16.9 Å². The van der Waals surface area contributed by atoms with Gasteiger partial charge in [0.2, 0.25) is 0 Å². The van der Waals surface area contributed by atoms with E-state index in [2.05, 4.69) is 0 Å². The largest absolute Gasteiger partial charge is 0.299 e. The standard InChI is InChI=1S/C18H17NO3/c20-17(12-14-5-2-1-3-6-14)13-16-8-4-7-15(11-16)9-10-18(21)19-22/h1-11,22H,12-13H2,(H,19,21)/b10-9+. The molecular weight excluding hydrogens is 278 g/mol. The number of rotatable bonds is 6. The number of benzene rings is 2. The molecule has 0 bridgehead atoms. The third-order valence-electron chi connectivity index (χ3n) is 3.13. The molecule has 2 aromatic rings. The number of nitrogens with one attached hydrogen (secondary N) is 1. The summed E-state index contributed by atoms with van der Waals surface area (Å²) in [6.07, 6.45) is 3.57. The fourth-order valence-electron chi connectivity index (χ4n) is 2.13. The van der Waals surface area contributed by atoms with Crippen molar-refractivity contribution in [3.63, 3.8) is 0 Å². The van der Waals surface area contributed by atoms with Gasteiger partial charge in [0, 0.05) is 18.9 Å². The molecule has 0 heterocycles. The van der Waals surface area contributed by atoms with E-state index in [4.69, 9.17) is 5.21 Å². The number of hydroxylamine groups is 1. The zero-order valence-corrected chi connectivity index (χ0v) is 12.0. The van der Waals surface area contributed by atoms with E-state index >= 15 is 0 Å². The Balaban J connectivity index is 1.99. The highest BCUT2D eigenvalue weighted by molar-refractivity contribution is 5.90. The van der Waals surface area contributed by atoms with Crippen molar-refractivity contribution in [2.75, 3.05) is 0 Å². The maximum absolute atomic E-state index is 12.1. The maximum Gasteiger partial charge on any atom is 0.267 e. The molecule has 0 aliphatic carbocycles. The van der Waals surface area contributed by atoms with Gasteiger partial charge in [0.05, 0.1) is 0 Å². The Kier molecular flexibility index (Phi) is 5.63. The summed E-state index contributed by atoms with van der Waals surface area (Å²) in [5.74, 6) is -0.453. The third-order valence-corrected chi connectivity index (χ3v) is 3.13. The van der Waals surface area contributed by atoms with Gasteiger partial charge < -0.3 is 0 Å². The van der Waals surface area contributed by atoms with Crippen LogP contribution in [0.5, 0.6) is 0 Å². The van der Waals surface area contributed by atoms with Gasteiger partial charge in [-0.1, -0.05) is 54.6 Å². The van der Waals surface area contributed by atoms with Crippen LogP contribution in [0.4, 0.5) is 0 Å². The van der Waals surface area contributed by atoms with E-state index in [0.717, 1.165) is 16.7 Å². The predicted octanol–water partition coefficient (Wildman–Crippen LogP) is 2.56. The molecule has 1 amide bonds. The monoisotopic (exact) mass is 295 g/mol. The Labute approximate surface area is 129 Å². The van der Waals surface area contributed by atoms with Gasteiger partial charge in [-0.3, -0.25) is 14.8 Å². The molecule has 0 fully saturated rings. The molecule has 2 rings (SSSR count). The van der Waals surface area contributed by atoms with Gasteiger partial charge in [0.15, 0.2) is 0 Å². The Bertz CT molecular complexity index is 678. The minimum absolute atomic E-state index is 0.139. The number of hydrogen-bond acceptors (Lipinski definition) is 3. The highest BCUT2D eigenvalue weighted by Gasteiger charge is 2.05. The maximum atomic E-state index is 12.1. The Morgan fingerprint density at radius 1 is 0.955 bits per heavy atom. The summed E-state index contributed by atoms with van der Waals surface area (Å²) in [5.41, 5.74) is 4.23. The summed E-state index contributed by atoms with van der Waals surface area (Å²) in [7, 11) is 0. The molecule has 22 heavy (non-hydrogen) atoms. The summed E-state index contributed by atoms with van der Waals surface area (Å²) in [6.45, 7) is 0. The summed E-state index contributed by atoms with van der Waals surface area (Å²) in [4.78, 5) is 23.0. The Hall–Kier alpha value is -2.72. The Morgan fingerprint density at radius 3 is 2.36 bits per heavy atom. The van der Waals surface area contributed by atoms with E-state index in [1.165, 1.54) is 11.6 Å². The molecule has 0 aliphatic heterocycles. The number of hydrogen-bond donors (Lipinski definition) is 2. The van der Waals surface area contributed by atoms with Crippen LogP contribution in [0.3, 0.4) is 0 Å². The summed E-state index contributed by atoms with van der Waals surface area (Å²) < 4.78 is 0. The molecule has 0 unspecified atom stereocenters. The smallest absolute Gasteiger partial charge is 0.267 e. The molecule has 112 valence electrons. The molecule has 4 nitrogen and oxygen atoms in total. The molecule has 0 aliphatic rings. The van der Waals surface area contributed by atoms with E-state index < -0.39 is 5.91 Å². The quantitative estimate of drug-likeness (QED) is 0.489. The second-order valence-corrected chi connectivity index (χ2v) is 4.93. The van der Waals surface area contributed by atoms with Crippen LogP contribution >= 0.6 is 0 Å². The van der Waals surface area contributed by atoms with Gasteiger partial charge in [0.25, 0.3) is 5.91 Å². The number of ketones is 1. The van der Waals surface area contributed by atoms with Crippen molar-refractivity contribution < 1.29 is 14.8 Å². The van der Waals surface area contributed by atoms with E-state index in [1.54, 1.807) is 6.08 Å². The molecule has 0 saturated heterocycles. The lowest BCUT2D eigenvalue weighted by molar-refractivity contribution is -0.124. The highest BCUT2D eigenvalue weighted by atomic mass is 16.5. The van der Waals surface area contributed by atoms with Crippen LogP contribution in [0.2, 0.25) is 0 Å². The van der Waals surface area contributed by atoms with Crippen molar-refractivity contribution in [2.45, 2.75) is 12.8 Å². The van der Waals surface area contributed by atoms with Crippen LogP contribution < -0.4 is 5.48 Å². The second-order valence-electron chi connectivity index (χ2n) is 4.93. The van der Waals surface area contributed by atoms with Crippen LogP contribution in [0, 0.1) is 0 Å². The predicted molar refractivity (Wildman–Crippen MR) is 84.3 cm³/mol. The fraction of sp³-hybridized carbons (Fsp3) is 0.111. The van der Waals surface area contributed by atoms with Crippen molar-refractivity contribution >= 4 is 17.8 Å². The summed E-state index contributed by atoms with van der Waals surface area (Å²) in [6, 6.07) is 17.0. The Morgan fingerprint density at radius 2 is 1.64 bits per heavy atom. The molecule has 4 heteroatoms. The summed E-state index contributed by atoms with van der Waals surface area (Å²) >= 11 is 0. The lowest BCUT2D eigenvalue weighted by Gasteiger charge is -2.03. The molecule has 2 N–H and O–H groups in total. The first kappa shape index (κ1) is 15.7. The van der Waals surface area contributed by atoms with E-state index in [0.29, 0.717) is 12.8 Å². The number of carbonyl (C=O) groups excluding carboxylic acids is 2. The average molecular weight is 295 g/mol. The van der Waals surface area contributed by atoms with Gasteiger partial charge in [-0.15, -0.1) is 0 Å². The first-order valence-corrected chi connectivity index (χ1v) is 6.94. The molecule has 0 saturated carbocycles. The molecular formula is C18H17NO3. The SMILES string of the molecule is O=C(Cc1ccccc1)Cc1cccc(/C=C/C(=O)NO)c1. The molecule has 0 atom stereocenters. The zero-order valence-electron chi connectivity index (χ0n) is 12.0. The minimum atomic E-state index is -0.592. The number of Topliss-reactive ketones (excluding diaryl/α,β-unsaturated/α-hetero) is 1. The van der Waals surface area contributed by atoms with Crippen LogP contribution in [0.25, 0.3) is 6.08 Å². The first-order chi connectivity index (χ1) is 10.7. The van der Waals surface area contributed by atoms with Crippen molar-refractivity contribution in [1.82, 2.24) is 5.48 Å². The van der Waals surface area contributed by atoms with E-state index in [9.17, 15) is 9.59 Å². The first-order valence-electron chi connectivity index (χ1n) is 6.94. The van der Waals surface area contributed by atoms with Gasteiger partial charge in [-0.05, 0) is 22.8 Å². The van der Waals surface area contributed by atoms with Crippen molar-refractivity contribution in [2.24, 2.45) is 0 Å².